The van der Waals surface area contributed by atoms with Gasteiger partial charge in [-0.1, -0.05) is 48.0 Å². The lowest BCUT2D eigenvalue weighted by molar-refractivity contribution is -0.150. The number of aliphatic carboxylic acids is 1. The van der Waals surface area contributed by atoms with E-state index >= 15 is 0 Å². The van der Waals surface area contributed by atoms with Crippen LogP contribution in [0.4, 0.5) is 0 Å². The highest BCUT2D eigenvalue weighted by Gasteiger charge is 2.11. The Labute approximate surface area is 111 Å². The second-order valence-electron chi connectivity index (χ2n) is 5.53. The van der Waals surface area contributed by atoms with Crippen molar-refractivity contribution < 1.29 is 19.4 Å². The Kier molecular flexibility index (Phi) is 10.6. The average Bonchev–Trinajstić information content (AvgIpc) is 2.27. The molecule has 0 saturated heterocycles. The summed E-state index contributed by atoms with van der Waals surface area (Å²) in [7, 11) is 0. The molecule has 0 radical (unpaired) electrons. The first-order valence-electron chi connectivity index (χ1n) is 6.52. The molecule has 0 aromatic rings. The maximum Gasteiger partial charge on any atom is 0.308 e. The first-order valence-corrected chi connectivity index (χ1v) is 6.52. The van der Waals surface area contributed by atoms with Crippen molar-refractivity contribution in [3.63, 3.8) is 0 Å². The average molecular weight is 260 g/mol. The van der Waals surface area contributed by atoms with Gasteiger partial charge < -0.3 is 9.84 Å². The lowest BCUT2D eigenvalue weighted by atomic mass is 9.94. The number of carboxylic acids is 1. The van der Waals surface area contributed by atoms with E-state index in [1.165, 1.54) is 6.42 Å². The van der Waals surface area contributed by atoms with Gasteiger partial charge in [0, 0.05) is 0 Å². The van der Waals surface area contributed by atoms with Crippen LogP contribution in [0.5, 0.6) is 0 Å². The highest BCUT2D eigenvalue weighted by atomic mass is 16.5. The van der Waals surface area contributed by atoms with Gasteiger partial charge in [0.2, 0.25) is 0 Å². The summed E-state index contributed by atoms with van der Waals surface area (Å²) in [5, 5.41) is 8.23. The second kappa shape index (κ2) is 9.92. The van der Waals surface area contributed by atoms with Crippen LogP contribution >= 0.6 is 0 Å². The summed E-state index contributed by atoms with van der Waals surface area (Å²) < 4.78 is 4.69. The first kappa shape index (κ1) is 19.3. The largest absolute Gasteiger partial charge is 0.481 e. The number of carbonyl (C=O) groups excluding carboxylic acids is 1. The van der Waals surface area contributed by atoms with Crippen molar-refractivity contribution in [2.75, 3.05) is 6.61 Å². The molecule has 0 bridgehead atoms. The van der Waals surface area contributed by atoms with Crippen molar-refractivity contribution in [1.82, 2.24) is 0 Å². The minimum atomic E-state index is -0.952. The Bertz CT molecular complexity index is 241. The third-order valence-electron chi connectivity index (χ3n) is 2.64. The molecule has 18 heavy (non-hydrogen) atoms. The fraction of sp³-hybridized carbons (Fsp3) is 0.857. The maximum absolute atomic E-state index is 10.9. The van der Waals surface area contributed by atoms with Gasteiger partial charge in [-0.15, -0.1) is 0 Å². The molecule has 0 aliphatic heterocycles. The molecule has 0 aromatic carbocycles. The zero-order valence-electron chi connectivity index (χ0n) is 12.6. The third-order valence-corrected chi connectivity index (χ3v) is 2.64. The van der Waals surface area contributed by atoms with Crippen LogP contribution in [0.25, 0.3) is 0 Å². The Morgan fingerprint density at radius 2 is 1.67 bits per heavy atom. The molecule has 1 unspecified atom stereocenters. The molecule has 0 aliphatic carbocycles. The molecule has 108 valence electrons. The van der Waals surface area contributed by atoms with E-state index in [1.807, 2.05) is 6.92 Å². The molecule has 0 aromatic heterocycles. The minimum Gasteiger partial charge on any atom is -0.481 e. The van der Waals surface area contributed by atoms with Gasteiger partial charge in [0.05, 0.1) is 12.3 Å². The van der Waals surface area contributed by atoms with Crippen LogP contribution in [0.1, 0.15) is 60.8 Å². The highest BCUT2D eigenvalue weighted by Crippen LogP contribution is 2.16. The molecule has 1 N–H and O–H groups in total. The summed E-state index contributed by atoms with van der Waals surface area (Å²) in [4.78, 5) is 21.0. The van der Waals surface area contributed by atoms with Crippen LogP contribution in [0, 0.1) is 11.3 Å². The number of hydrogen-bond donors (Lipinski definition) is 1. The van der Waals surface area contributed by atoms with Crippen LogP contribution in [0.3, 0.4) is 0 Å². The van der Waals surface area contributed by atoms with Crippen LogP contribution in [0.15, 0.2) is 0 Å². The minimum absolute atomic E-state index is 0.0293. The second-order valence-corrected chi connectivity index (χ2v) is 5.53. The normalized spacial score (nSPS) is 12.1. The molecule has 0 aliphatic rings. The van der Waals surface area contributed by atoms with Crippen molar-refractivity contribution in [1.29, 1.82) is 0 Å². The van der Waals surface area contributed by atoms with Crippen LogP contribution < -0.4 is 0 Å². The van der Waals surface area contributed by atoms with Crippen LogP contribution in [-0.4, -0.2) is 23.7 Å². The summed E-state index contributed by atoms with van der Waals surface area (Å²) in [5.74, 6) is -1.41. The zero-order valence-corrected chi connectivity index (χ0v) is 12.6. The smallest absolute Gasteiger partial charge is 0.308 e. The molecule has 0 fully saturated rings. The fourth-order valence-electron chi connectivity index (χ4n) is 0.548. The number of carboxylic acid groups (broad SMARTS) is 1. The van der Waals surface area contributed by atoms with Gasteiger partial charge in [-0.3, -0.25) is 9.59 Å². The SMILES string of the molecule is CCC(C)(C)C.CCC(C)C(=O)OCCC(=O)O. The van der Waals surface area contributed by atoms with Gasteiger partial charge in [0.25, 0.3) is 0 Å². The van der Waals surface area contributed by atoms with Crippen molar-refractivity contribution in [2.24, 2.45) is 11.3 Å². The number of rotatable bonds is 5. The quantitative estimate of drug-likeness (QED) is 0.768. The van der Waals surface area contributed by atoms with Gasteiger partial charge in [0.1, 0.15) is 6.61 Å². The monoisotopic (exact) mass is 260 g/mol. The topological polar surface area (TPSA) is 63.6 Å². The summed E-state index contributed by atoms with van der Waals surface area (Å²) in [6, 6.07) is 0. The first-order chi connectivity index (χ1) is 8.14. The van der Waals surface area contributed by atoms with Gasteiger partial charge >= 0.3 is 11.9 Å². The lowest BCUT2D eigenvalue weighted by Crippen LogP contribution is -2.15. The fourth-order valence-corrected chi connectivity index (χ4v) is 0.548. The maximum atomic E-state index is 10.9. The number of hydrogen-bond acceptors (Lipinski definition) is 3. The Hall–Kier alpha value is -1.06. The third kappa shape index (κ3) is 14.9. The van der Waals surface area contributed by atoms with Crippen LogP contribution in [-0.2, 0) is 14.3 Å². The van der Waals surface area contributed by atoms with Crippen molar-refractivity contribution in [3.8, 4) is 0 Å². The number of ether oxygens (including phenoxy) is 1. The molecular weight excluding hydrogens is 232 g/mol. The molecule has 4 nitrogen and oxygen atoms in total. The molecule has 0 spiro atoms. The Balaban J connectivity index is 0. The van der Waals surface area contributed by atoms with E-state index in [1.54, 1.807) is 6.92 Å². The molecule has 0 heterocycles. The summed E-state index contributed by atoms with van der Waals surface area (Å²) in [5.41, 5.74) is 0.542. The molecule has 4 heteroatoms. The van der Waals surface area contributed by atoms with Crippen LogP contribution in [0.2, 0.25) is 0 Å². The highest BCUT2D eigenvalue weighted by molar-refractivity contribution is 5.72. The van der Waals surface area contributed by atoms with E-state index in [-0.39, 0.29) is 24.9 Å². The zero-order chi connectivity index (χ0) is 14.8. The molecule has 0 rings (SSSR count). The van der Waals surface area contributed by atoms with Gasteiger partial charge in [-0.25, -0.2) is 0 Å². The lowest BCUT2D eigenvalue weighted by Gasteiger charge is -2.12. The van der Waals surface area contributed by atoms with Gasteiger partial charge in [-0.05, 0) is 11.8 Å². The van der Waals surface area contributed by atoms with E-state index in [9.17, 15) is 9.59 Å². The standard InChI is InChI=1S/C8H14O4.C6H14/c1-3-6(2)8(11)12-5-4-7(9)10;1-5-6(2,3)4/h6H,3-5H2,1-2H3,(H,9,10);5H2,1-4H3. The van der Waals surface area contributed by atoms with E-state index in [0.29, 0.717) is 11.8 Å². The van der Waals surface area contributed by atoms with E-state index in [0.717, 1.165) is 0 Å². The van der Waals surface area contributed by atoms with Gasteiger partial charge in [-0.2, -0.15) is 0 Å². The van der Waals surface area contributed by atoms with Gasteiger partial charge in [0.15, 0.2) is 0 Å². The summed E-state index contributed by atoms with van der Waals surface area (Å²) in [6.07, 6.45) is 1.86. The van der Waals surface area contributed by atoms with Crippen molar-refractivity contribution in [3.05, 3.63) is 0 Å². The summed E-state index contributed by atoms with van der Waals surface area (Å²) in [6.45, 7) is 12.5. The molecule has 1 atom stereocenters. The van der Waals surface area contributed by atoms with Crippen molar-refractivity contribution >= 4 is 11.9 Å². The predicted octanol–water partition coefficient (Wildman–Crippen LogP) is 3.49. The van der Waals surface area contributed by atoms with E-state index < -0.39 is 5.97 Å². The van der Waals surface area contributed by atoms with Crippen molar-refractivity contribution in [2.45, 2.75) is 60.8 Å². The van der Waals surface area contributed by atoms with E-state index in [2.05, 4.69) is 32.4 Å². The van der Waals surface area contributed by atoms with E-state index in [4.69, 9.17) is 5.11 Å². The molecular formula is C14H28O4. The number of carbonyl (C=O) groups is 2. The predicted molar refractivity (Wildman–Crippen MR) is 72.4 cm³/mol. The molecule has 0 amide bonds. The number of esters is 1. The summed E-state index contributed by atoms with van der Waals surface area (Å²) >= 11 is 0. The Morgan fingerprint density at radius 3 is 1.94 bits per heavy atom. The Morgan fingerprint density at radius 1 is 1.22 bits per heavy atom. The molecule has 0 saturated carbocycles.